The van der Waals surface area contributed by atoms with E-state index in [1.165, 1.54) is 11.8 Å². The molecule has 1 aliphatic heterocycles. The molecule has 1 fully saturated rings. The first-order chi connectivity index (χ1) is 13.3. The van der Waals surface area contributed by atoms with Crippen LogP contribution in [0.3, 0.4) is 0 Å². The maximum absolute atomic E-state index is 12.9. The molecular weight excluding hydrogens is 396 g/mol. The Morgan fingerprint density at radius 2 is 2.11 bits per heavy atom. The van der Waals surface area contributed by atoms with Gasteiger partial charge < -0.3 is 4.90 Å². The topological polar surface area (TPSA) is 85.2 Å². The maximum atomic E-state index is 12.9. The number of rotatable bonds is 7. The molecule has 0 radical (unpaired) electrons. The minimum Gasteiger partial charge on any atom is -0.338 e. The summed E-state index contributed by atoms with van der Waals surface area (Å²) in [5.41, 5.74) is 2.10. The van der Waals surface area contributed by atoms with Crippen molar-refractivity contribution in [3.63, 3.8) is 0 Å². The van der Waals surface area contributed by atoms with Crippen LogP contribution in [0.4, 0.5) is 0 Å². The van der Waals surface area contributed by atoms with E-state index in [-0.39, 0.29) is 29.2 Å². The fourth-order valence-electron chi connectivity index (χ4n) is 3.48. The second kappa shape index (κ2) is 8.65. The average molecular weight is 423 g/mol. The van der Waals surface area contributed by atoms with Crippen LogP contribution < -0.4 is 0 Å². The Labute approximate surface area is 170 Å². The van der Waals surface area contributed by atoms with E-state index < -0.39 is 9.84 Å². The fraction of sp³-hybridized carbons (Fsp3) is 0.526. The molecule has 0 aliphatic carbocycles. The molecule has 0 unspecified atom stereocenters. The number of hydrogen-bond acceptors (Lipinski definition) is 6. The number of thioether (sulfide) groups is 1. The van der Waals surface area contributed by atoms with Gasteiger partial charge >= 0.3 is 0 Å². The number of carbonyl (C=O) groups is 1. The minimum atomic E-state index is -3.03. The van der Waals surface area contributed by atoms with E-state index in [1.807, 2.05) is 43.5 Å². The highest BCUT2D eigenvalue weighted by molar-refractivity contribution is 7.99. The lowest BCUT2D eigenvalue weighted by atomic mass is 10.2. The first-order valence-electron chi connectivity index (χ1n) is 9.42. The van der Waals surface area contributed by atoms with Crippen LogP contribution in [-0.4, -0.2) is 63.8 Å². The quantitative estimate of drug-likeness (QED) is 0.637. The van der Waals surface area contributed by atoms with E-state index in [4.69, 9.17) is 0 Å². The Kier molecular flexibility index (Phi) is 6.44. The molecule has 0 N–H and O–H groups in total. The molecule has 1 aromatic heterocycles. The van der Waals surface area contributed by atoms with Crippen LogP contribution in [0.2, 0.25) is 0 Å². The highest BCUT2D eigenvalue weighted by Crippen LogP contribution is 2.24. The third-order valence-electron chi connectivity index (χ3n) is 4.81. The first kappa shape index (κ1) is 20.9. The maximum Gasteiger partial charge on any atom is 0.233 e. The molecule has 28 heavy (non-hydrogen) atoms. The van der Waals surface area contributed by atoms with Crippen molar-refractivity contribution in [3.05, 3.63) is 35.7 Å². The zero-order chi connectivity index (χ0) is 20.3. The molecule has 9 heteroatoms. The summed E-state index contributed by atoms with van der Waals surface area (Å²) in [7, 11) is -3.03. The molecule has 1 saturated heterocycles. The van der Waals surface area contributed by atoms with E-state index in [0.29, 0.717) is 18.1 Å². The van der Waals surface area contributed by atoms with Gasteiger partial charge in [-0.3, -0.25) is 9.36 Å². The van der Waals surface area contributed by atoms with E-state index in [9.17, 15) is 13.2 Å². The number of sulfone groups is 1. The molecule has 2 aromatic rings. The molecule has 1 atom stereocenters. The summed E-state index contributed by atoms with van der Waals surface area (Å²) in [6.07, 6.45) is 1.32. The summed E-state index contributed by atoms with van der Waals surface area (Å²) in [6, 6.07) is 7.83. The number of benzene rings is 1. The van der Waals surface area contributed by atoms with Gasteiger partial charge in [0.25, 0.3) is 0 Å². The highest BCUT2D eigenvalue weighted by Gasteiger charge is 2.34. The summed E-state index contributed by atoms with van der Waals surface area (Å²) in [5.74, 6) is 1.15. The normalized spacial score (nSPS) is 18.3. The Morgan fingerprint density at radius 3 is 2.75 bits per heavy atom. The first-order valence-corrected chi connectivity index (χ1v) is 12.2. The Balaban J connectivity index is 1.73. The van der Waals surface area contributed by atoms with Crippen LogP contribution in [0.1, 0.15) is 31.2 Å². The zero-order valence-corrected chi connectivity index (χ0v) is 18.1. The monoisotopic (exact) mass is 422 g/mol. The van der Waals surface area contributed by atoms with Crippen molar-refractivity contribution in [2.24, 2.45) is 0 Å². The van der Waals surface area contributed by atoms with E-state index in [2.05, 4.69) is 16.3 Å². The third-order valence-corrected chi connectivity index (χ3v) is 7.48. The number of amides is 1. The van der Waals surface area contributed by atoms with E-state index in [0.717, 1.165) is 23.5 Å². The van der Waals surface area contributed by atoms with Crippen LogP contribution in [0.15, 0.2) is 29.4 Å². The molecule has 3 rings (SSSR count). The lowest BCUT2D eigenvalue weighted by Crippen LogP contribution is -2.42. The van der Waals surface area contributed by atoms with E-state index >= 15 is 0 Å². The van der Waals surface area contributed by atoms with Gasteiger partial charge in [0.1, 0.15) is 5.82 Å². The van der Waals surface area contributed by atoms with Crippen LogP contribution in [0, 0.1) is 13.8 Å². The van der Waals surface area contributed by atoms with Crippen LogP contribution >= 0.6 is 11.8 Å². The minimum absolute atomic E-state index is 0.0506. The molecule has 0 bridgehead atoms. The zero-order valence-electron chi connectivity index (χ0n) is 16.5. The molecule has 1 aliphatic rings. The van der Waals surface area contributed by atoms with Crippen molar-refractivity contribution in [2.75, 3.05) is 23.8 Å². The third kappa shape index (κ3) is 4.75. The van der Waals surface area contributed by atoms with Crippen LogP contribution in [0.5, 0.6) is 0 Å². The second-order valence-electron chi connectivity index (χ2n) is 7.14. The van der Waals surface area contributed by atoms with Gasteiger partial charge in [0.05, 0.1) is 17.3 Å². The highest BCUT2D eigenvalue weighted by atomic mass is 32.2. The van der Waals surface area contributed by atoms with Crippen molar-refractivity contribution in [1.29, 1.82) is 0 Å². The largest absolute Gasteiger partial charge is 0.338 e. The van der Waals surface area contributed by atoms with E-state index in [1.54, 1.807) is 4.90 Å². The number of hydrogen-bond donors (Lipinski definition) is 0. The van der Waals surface area contributed by atoms with Gasteiger partial charge in [-0.2, -0.15) is 0 Å². The second-order valence-corrected chi connectivity index (χ2v) is 10.3. The van der Waals surface area contributed by atoms with Crippen molar-refractivity contribution in [1.82, 2.24) is 19.7 Å². The van der Waals surface area contributed by atoms with Gasteiger partial charge in [0.15, 0.2) is 15.0 Å². The number of aromatic nitrogens is 3. The smallest absolute Gasteiger partial charge is 0.233 e. The lowest BCUT2D eigenvalue weighted by Gasteiger charge is -2.27. The summed E-state index contributed by atoms with van der Waals surface area (Å²) in [6.45, 7) is 6.48. The van der Waals surface area contributed by atoms with Crippen molar-refractivity contribution >= 4 is 27.5 Å². The molecule has 2 heterocycles. The Bertz CT molecular complexity index is 956. The molecule has 0 saturated carbocycles. The molecule has 7 nitrogen and oxygen atoms in total. The van der Waals surface area contributed by atoms with Crippen LogP contribution in [-0.2, 0) is 14.6 Å². The molecule has 1 amide bonds. The molecule has 1 aromatic carbocycles. The molecule has 0 spiro atoms. The Morgan fingerprint density at radius 1 is 1.32 bits per heavy atom. The molecular formula is C19H26N4O3S2. The SMILES string of the molecule is CCCN(C(=O)CSc1nnc(C)n1-c1cccc(C)c1)[C@@H]1CCS(=O)(=O)C1. The lowest BCUT2D eigenvalue weighted by molar-refractivity contribution is -0.130. The Hall–Kier alpha value is -1.87. The van der Waals surface area contributed by atoms with Gasteiger partial charge in [-0.05, 0) is 44.4 Å². The number of aryl methyl sites for hydroxylation is 2. The van der Waals surface area contributed by atoms with Gasteiger partial charge in [-0.25, -0.2) is 8.42 Å². The molecule has 152 valence electrons. The van der Waals surface area contributed by atoms with Gasteiger partial charge in [-0.1, -0.05) is 30.8 Å². The summed E-state index contributed by atoms with van der Waals surface area (Å²) >= 11 is 1.34. The predicted molar refractivity (Wildman–Crippen MR) is 111 cm³/mol. The number of nitrogens with zero attached hydrogens (tertiary/aromatic N) is 4. The van der Waals surface area contributed by atoms with Gasteiger partial charge in [-0.15, -0.1) is 10.2 Å². The summed E-state index contributed by atoms with van der Waals surface area (Å²) in [5, 5.41) is 9.05. The summed E-state index contributed by atoms with van der Waals surface area (Å²) in [4.78, 5) is 14.6. The van der Waals surface area contributed by atoms with Crippen molar-refractivity contribution in [2.45, 2.75) is 44.8 Å². The van der Waals surface area contributed by atoms with Crippen molar-refractivity contribution < 1.29 is 13.2 Å². The summed E-state index contributed by atoms with van der Waals surface area (Å²) < 4.78 is 25.6. The van der Waals surface area contributed by atoms with Crippen LogP contribution in [0.25, 0.3) is 5.69 Å². The number of carbonyl (C=O) groups excluding carboxylic acids is 1. The fourth-order valence-corrected chi connectivity index (χ4v) is 6.10. The van der Waals surface area contributed by atoms with Gasteiger partial charge in [0, 0.05) is 18.3 Å². The average Bonchev–Trinajstić information content (AvgIpc) is 3.19. The standard InChI is InChI=1S/C19H26N4O3S2/c1-4-9-22(17-8-10-28(25,26)13-17)18(24)12-27-19-21-20-15(3)23(19)16-7-5-6-14(2)11-16/h5-7,11,17H,4,8-10,12-13H2,1-3H3/t17-/m1/s1. The van der Waals surface area contributed by atoms with Crippen molar-refractivity contribution in [3.8, 4) is 5.69 Å². The van der Waals surface area contributed by atoms with Gasteiger partial charge in [0.2, 0.25) is 5.91 Å². The predicted octanol–water partition coefficient (Wildman–Crippen LogP) is 2.40.